The van der Waals surface area contributed by atoms with Gasteiger partial charge in [0.15, 0.2) is 0 Å². The molecular formula is C13H13F2NO4. The maximum Gasteiger partial charge on any atom is 0.387 e. The predicted molar refractivity (Wildman–Crippen MR) is 64.7 cm³/mol. The third-order valence-corrected chi connectivity index (χ3v) is 2.33. The zero-order valence-electron chi connectivity index (χ0n) is 11.0. The van der Waals surface area contributed by atoms with Crippen molar-refractivity contribution in [2.75, 3.05) is 13.7 Å². The van der Waals surface area contributed by atoms with Gasteiger partial charge in [0.05, 0.1) is 25.7 Å². The summed E-state index contributed by atoms with van der Waals surface area (Å²) in [5, 5.41) is 8.98. The number of benzene rings is 1. The number of nitriles is 1. The Morgan fingerprint density at radius 2 is 2.15 bits per heavy atom. The Morgan fingerprint density at radius 3 is 2.65 bits per heavy atom. The molecule has 7 heteroatoms. The molecule has 0 aromatic heterocycles. The Morgan fingerprint density at radius 1 is 1.45 bits per heavy atom. The molecule has 0 aliphatic rings. The van der Waals surface area contributed by atoms with Crippen molar-refractivity contribution in [2.24, 2.45) is 0 Å². The molecule has 0 aliphatic heterocycles. The molecule has 0 spiro atoms. The SMILES string of the molecule is CCOC(=O)Cc1cc(OC(F)F)cc(C#N)c1OC. The quantitative estimate of drug-likeness (QED) is 0.750. The lowest BCUT2D eigenvalue weighted by Gasteiger charge is -2.13. The van der Waals surface area contributed by atoms with E-state index in [-0.39, 0.29) is 35.7 Å². The molecule has 0 radical (unpaired) electrons. The number of carbonyl (C=O) groups excluding carboxylic acids is 1. The van der Waals surface area contributed by atoms with E-state index in [4.69, 9.17) is 14.7 Å². The summed E-state index contributed by atoms with van der Waals surface area (Å²) in [6.45, 7) is -1.18. The van der Waals surface area contributed by atoms with Gasteiger partial charge in [-0.25, -0.2) is 0 Å². The number of halogens is 2. The fraction of sp³-hybridized carbons (Fsp3) is 0.385. The van der Waals surface area contributed by atoms with Crippen LogP contribution in [0.4, 0.5) is 8.78 Å². The highest BCUT2D eigenvalue weighted by Crippen LogP contribution is 2.30. The van der Waals surface area contributed by atoms with Crippen molar-refractivity contribution in [2.45, 2.75) is 20.0 Å². The van der Waals surface area contributed by atoms with Crippen LogP contribution in [0.25, 0.3) is 0 Å². The van der Waals surface area contributed by atoms with Crippen LogP contribution in [0.2, 0.25) is 0 Å². The standard InChI is InChI=1S/C13H13F2NO4/c1-3-19-11(17)6-8-4-10(20-13(14)15)5-9(7-16)12(8)18-2/h4-5,13H,3,6H2,1-2H3. The predicted octanol–water partition coefficient (Wildman–Crippen LogP) is 2.27. The van der Waals surface area contributed by atoms with E-state index in [1.165, 1.54) is 13.2 Å². The Labute approximate surface area is 114 Å². The number of ether oxygens (including phenoxy) is 3. The van der Waals surface area contributed by atoms with Crippen LogP contribution in [0, 0.1) is 11.3 Å². The number of carbonyl (C=O) groups is 1. The minimum atomic E-state index is -3.02. The second kappa shape index (κ2) is 7.28. The second-order valence-electron chi connectivity index (χ2n) is 3.64. The van der Waals surface area contributed by atoms with E-state index in [2.05, 4.69) is 4.74 Å². The Bertz CT molecular complexity index is 526. The molecule has 0 aliphatic carbocycles. The molecular weight excluding hydrogens is 272 g/mol. The number of alkyl halides is 2. The van der Waals surface area contributed by atoms with Crippen LogP contribution in [0.15, 0.2) is 12.1 Å². The van der Waals surface area contributed by atoms with E-state index in [9.17, 15) is 13.6 Å². The summed E-state index contributed by atoms with van der Waals surface area (Å²) in [4.78, 5) is 11.5. The average molecular weight is 285 g/mol. The van der Waals surface area contributed by atoms with E-state index in [1.54, 1.807) is 13.0 Å². The fourth-order valence-corrected chi connectivity index (χ4v) is 1.65. The topological polar surface area (TPSA) is 68.5 Å². The zero-order chi connectivity index (χ0) is 15.1. The maximum absolute atomic E-state index is 12.2. The molecule has 0 bridgehead atoms. The molecule has 5 nitrogen and oxygen atoms in total. The van der Waals surface area contributed by atoms with Gasteiger partial charge in [0, 0.05) is 11.6 Å². The van der Waals surface area contributed by atoms with Crippen LogP contribution in [-0.4, -0.2) is 26.3 Å². The van der Waals surface area contributed by atoms with E-state index < -0.39 is 12.6 Å². The van der Waals surface area contributed by atoms with Gasteiger partial charge < -0.3 is 14.2 Å². The fourth-order valence-electron chi connectivity index (χ4n) is 1.65. The summed E-state index contributed by atoms with van der Waals surface area (Å²) >= 11 is 0. The van der Waals surface area contributed by atoms with Crippen LogP contribution in [0.5, 0.6) is 11.5 Å². The number of rotatable bonds is 6. The average Bonchev–Trinajstić information content (AvgIpc) is 2.37. The lowest BCUT2D eigenvalue weighted by molar-refractivity contribution is -0.142. The van der Waals surface area contributed by atoms with E-state index >= 15 is 0 Å². The molecule has 1 rings (SSSR count). The first-order chi connectivity index (χ1) is 9.51. The molecule has 1 aromatic carbocycles. The van der Waals surface area contributed by atoms with Gasteiger partial charge in [0.25, 0.3) is 0 Å². The molecule has 1 aromatic rings. The molecule has 0 saturated heterocycles. The van der Waals surface area contributed by atoms with Crippen molar-refractivity contribution >= 4 is 5.97 Å². The third-order valence-electron chi connectivity index (χ3n) is 2.33. The Kier molecular flexibility index (Phi) is 5.72. The van der Waals surface area contributed by atoms with Crippen LogP contribution in [0.3, 0.4) is 0 Å². The summed E-state index contributed by atoms with van der Waals surface area (Å²) < 4.78 is 38.5. The zero-order valence-corrected chi connectivity index (χ0v) is 11.0. The van der Waals surface area contributed by atoms with Gasteiger partial charge in [0.1, 0.15) is 17.6 Å². The number of hydrogen-bond acceptors (Lipinski definition) is 5. The number of esters is 1. The van der Waals surface area contributed by atoms with E-state index in [0.717, 1.165) is 6.07 Å². The summed E-state index contributed by atoms with van der Waals surface area (Å²) in [6, 6.07) is 4.15. The van der Waals surface area contributed by atoms with Crippen molar-refractivity contribution in [3.63, 3.8) is 0 Å². The molecule has 108 valence electrons. The van der Waals surface area contributed by atoms with Gasteiger partial charge in [-0.3, -0.25) is 4.79 Å². The summed E-state index contributed by atoms with van der Waals surface area (Å²) in [7, 11) is 1.32. The molecule has 0 amide bonds. The highest BCUT2D eigenvalue weighted by molar-refractivity contribution is 5.74. The lowest BCUT2D eigenvalue weighted by atomic mass is 10.1. The molecule has 0 unspecified atom stereocenters. The number of nitrogens with zero attached hydrogens (tertiary/aromatic N) is 1. The van der Waals surface area contributed by atoms with Crippen LogP contribution < -0.4 is 9.47 Å². The van der Waals surface area contributed by atoms with Crippen LogP contribution in [-0.2, 0) is 16.0 Å². The van der Waals surface area contributed by atoms with Crippen molar-refractivity contribution in [1.29, 1.82) is 5.26 Å². The first kappa shape index (κ1) is 15.7. The van der Waals surface area contributed by atoms with Crippen molar-refractivity contribution in [1.82, 2.24) is 0 Å². The highest BCUT2D eigenvalue weighted by atomic mass is 19.3. The van der Waals surface area contributed by atoms with E-state index in [1.807, 2.05) is 0 Å². The number of hydrogen-bond donors (Lipinski definition) is 0. The molecule has 20 heavy (non-hydrogen) atoms. The third kappa shape index (κ3) is 4.09. The van der Waals surface area contributed by atoms with Gasteiger partial charge in [-0.2, -0.15) is 14.0 Å². The smallest absolute Gasteiger partial charge is 0.387 e. The minimum absolute atomic E-state index is 0.00458. The van der Waals surface area contributed by atoms with Gasteiger partial charge in [0.2, 0.25) is 0 Å². The maximum atomic E-state index is 12.2. The van der Waals surface area contributed by atoms with Gasteiger partial charge in [-0.15, -0.1) is 0 Å². The molecule has 0 saturated carbocycles. The Balaban J connectivity index is 3.17. The molecule has 0 fully saturated rings. The van der Waals surface area contributed by atoms with Crippen molar-refractivity contribution in [3.05, 3.63) is 23.3 Å². The monoisotopic (exact) mass is 285 g/mol. The first-order valence-corrected chi connectivity index (χ1v) is 5.73. The summed E-state index contributed by atoms with van der Waals surface area (Å²) in [6.07, 6.45) is -0.202. The van der Waals surface area contributed by atoms with Crippen LogP contribution >= 0.6 is 0 Å². The van der Waals surface area contributed by atoms with Gasteiger partial charge in [-0.1, -0.05) is 0 Å². The van der Waals surface area contributed by atoms with Gasteiger partial charge >= 0.3 is 12.6 Å². The largest absolute Gasteiger partial charge is 0.495 e. The number of methoxy groups -OCH3 is 1. The molecule has 0 atom stereocenters. The molecule has 0 heterocycles. The lowest BCUT2D eigenvalue weighted by Crippen LogP contribution is -2.10. The van der Waals surface area contributed by atoms with Crippen molar-refractivity contribution in [3.8, 4) is 17.6 Å². The first-order valence-electron chi connectivity index (χ1n) is 5.73. The summed E-state index contributed by atoms with van der Waals surface area (Å²) in [5.41, 5.74) is 0.255. The van der Waals surface area contributed by atoms with E-state index in [0.29, 0.717) is 0 Å². The van der Waals surface area contributed by atoms with Crippen LogP contribution in [0.1, 0.15) is 18.1 Å². The molecule has 0 N–H and O–H groups in total. The second-order valence-corrected chi connectivity index (χ2v) is 3.64. The van der Waals surface area contributed by atoms with Gasteiger partial charge in [-0.05, 0) is 13.0 Å². The highest BCUT2D eigenvalue weighted by Gasteiger charge is 2.17. The van der Waals surface area contributed by atoms with Crippen molar-refractivity contribution < 1.29 is 27.8 Å². The Hall–Kier alpha value is -2.36. The normalized spacial score (nSPS) is 10.0. The summed E-state index contributed by atoms with van der Waals surface area (Å²) in [5.74, 6) is -0.622. The minimum Gasteiger partial charge on any atom is -0.495 e.